The molecule has 2 atom stereocenters. The molecular weight excluding hydrogens is 420 g/mol. The van der Waals surface area contributed by atoms with Crippen LogP contribution in [0.4, 0.5) is 0 Å². The molecule has 2 aromatic rings. The van der Waals surface area contributed by atoms with Crippen molar-refractivity contribution < 1.29 is 23.5 Å². The Hall–Kier alpha value is -3.12. The first-order valence-corrected chi connectivity index (χ1v) is 14.3. The molecule has 166 valence electrons. The second kappa shape index (κ2) is 8.79. The van der Waals surface area contributed by atoms with E-state index < -0.39 is 25.8 Å². The maximum absolute atomic E-state index is 13.5. The summed E-state index contributed by atoms with van der Waals surface area (Å²) in [4.78, 5) is 26.8. The summed E-state index contributed by atoms with van der Waals surface area (Å²) in [6.45, 7) is 6.42. The molecule has 0 N–H and O–H groups in total. The van der Waals surface area contributed by atoms with Crippen molar-refractivity contribution >= 4 is 25.8 Å². The van der Waals surface area contributed by atoms with Gasteiger partial charge in [0.15, 0.2) is 11.2 Å². The number of carbonyl (C=O) groups is 2. The van der Waals surface area contributed by atoms with Gasteiger partial charge in [0.1, 0.15) is 18.5 Å². The maximum Gasteiger partial charge on any atom is 0.324 e. The van der Waals surface area contributed by atoms with Crippen molar-refractivity contribution in [1.82, 2.24) is 0 Å². The zero-order valence-electron chi connectivity index (χ0n) is 18.7. The Balaban J connectivity index is 1.65. The predicted molar refractivity (Wildman–Crippen MR) is 125 cm³/mol. The molecule has 5 nitrogen and oxygen atoms in total. The van der Waals surface area contributed by atoms with E-state index in [-0.39, 0.29) is 18.8 Å². The number of carbonyl (C=O) groups excluding carboxylic acids is 2. The van der Waals surface area contributed by atoms with E-state index in [0.29, 0.717) is 12.2 Å². The molecule has 0 radical (unpaired) electrons. The molecule has 0 amide bonds. The number of allylic oxidation sites excluding steroid dienone is 2. The molecule has 0 aromatic heterocycles. The number of hydrogen-bond acceptors (Lipinski definition) is 5. The van der Waals surface area contributed by atoms with Gasteiger partial charge in [-0.05, 0) is 37.7 Å². The van der Waals surface area contributed by atoms with Crippen LogP contribution in [0.25, 0.3) is 5.76 Å². The van der Waals surface area contributed by atoms with Crippen molar-refractivity contribution in [3.63, 3.8) is 0 Å². The number of esters is 1. The molecule has 0 saturated carbocycles. The van der Waals surface area contributed by atoms with E-state index in [2.05, 4.69) is 19.6 Å². The fraction of sp³-hybridized carbons (Fsp3) is 0.308. The lowest BCUT2D eigenvalue weighted by atomic mass is 9.69. The third kappa shape index (κ3) is 4.55. The Morgan fingerprint density at radius 2 is 1.72 bits per heavy atom. The van der Waals surface area contributed by atoms with Gasteiger partial charge in [0, 0.05) is 18.1 Å². The van der Waals surface area contributed by atoms with Crippen LogP contribution in [0.2, 0.25) is 19.6 Å². The third-order valence-electron chi connectivity index (χ3n) is 5.63. The molecule has 0 unspecified atom stereocenters. The molecule has 2 aromatic carbocycles. The summed E-state index contributed by atoms with van der Waals surface area (Å²) in [6, 6.07) is 18.9. The van der Waals surface area contributed by atoms with Crippen LogP contribution in [-0.2, 0) is 30.1 Å². The zero-order valence-corrected chi connectivity index (χ0v) is 19.7. The Morgan fingerprint density at radius 1 is 1.06 bits per heavy atom. The first-order valence-electron chi connectivity index (χ1n) is 10.9. The number of hydrogen-bond donors (Lipinski definition) is 0. The molecule has 1 aliphatic carbocycles. The van der Waals surface area contributed by atoms with Crippen LogP contribution in [0.15, 0.2) is 78.6 Å². The number of ketones is 1. The molecule has 1 aliphatic heterocycles. The van der Waals surface area contributed by atoms with Crippen LogP contribution in [0, 0.1) is 5.41 Å². The highest BCUT2D eigenvalue weighted by molar-refractivity contribution is 6.70. The van der Waals surface area contributed by atoms with Crippen LogP contribution in [-0.4, -0.2) is 26.2 Å². The molecule has 2 aliphatic rings. The normalized spacial score (nSPS) is 22.7. The largest absolute Gasteiger partial charge is 0.547 e. The summed E-state index contributed by atoms with van der Waals surface area (Å²) in [5.74, 6) is 0.418. The minimum absolute atomic E-state index is 0.110. The summed E-state index contributed by atoms with van der Waals surface area (Å²) < 4.78 is 18.1. The molecule has 4 rings (SSSR count). The van der Waals surface area contributed by atoms with E-state index in [9.17, 15) is 9.59 Å². The predicted octanol–water partition coefficient (Wildman–Crippen LogP) is 5.25. The second-order valence-corrected chi connectivity index (χ2v) is 13.6. The fourth-order valence-electron chi connectivity index (χ4n) is 4.08. The molecule has 6 heteroatoms. The van der Waals surface area contributed by atoms with Crippen LogP contribution in [0.3, 0.4) is 0 Å². The topological polar surface area (TPSA) is 61.8 Å². The Morgan fingerprint density at radius 3 is 2.38 bits per heavy atom. The smallest absolute Gasteiger partial charge is 0.324 e. The fourth-order valence-corrected chi connectivity index (χ4v) is 5.03. The van der Waals surface area contributed by atoms with Gasteiger partial charge in [-0.2, -0.15) is 0 Å². The molecule has 1 heterocycles. The number of ether oxygens (including phenoxy) is 2. The summed E-state index contributed by atoms with van der Waals surface area (Å²) in [6.07, 6.45) is 3.16. The molecule has 0 saturated heterocycles. The van der Waals surface area contributed by atoms with Crippen LogP contribution >= 0.6 is 0 Å². The van der Waals surface area contributed by atoms with E-state index >= 15 is 0 Å². The van der Waals surface area contributed by atoms with Crippen molar-refractivity contribution in [2.24, 2.45) is 5.41 Å². The van der Waals surface area contributed by atoms with Crippen LogP contribution in [0.1, 0.15) is 24.0 Å². The second-order valence-electron chi connectivity index (χ2n) is 9.17. The third-order valence-corrected chi connectivity index (χ3v) is 6.51. The zero-order chi connectivity index (χ0) is 22.8. The SMILES string of the molecule is C[Si](C)(C)OC1=CC[C@@]2(C(=O)OCc3ccccc3)C(=O)C=C(c3ccccc3)O[C@H]2C1. The van der Waals surface area contributed by atoms with E-state index in [0.717, 1.165) is 16.9 Å². The first kappa shape index (κ1) is 22.1. The number of rotatable bonds is 6. The molecule has 0 bridgehead atoms. The molecule has 0 fully saturated rings. The average Bonchev–Trinajstić information content (AvgIpc) is 2.77. The van der Waals surface area contributed by atoms with Gasteiger partial charge in [0.25, 0.3) is 0 Å². The summed E-state index contributed by atoms with van der Waals surface area (Å²) >= 11 is 0. The Labute approximate surface area is 189 Å². The molecule has 0 spiro atoms. The van der Waals surface area contributed by atoms with Gasteiger partial charge in [-0.3, -0.25) is 9.59 Å². The van der Waals surface area contributed by atoms with Gasteiger partial charge in [-0.15, -0.1) is 0 Å². The van der Waals surface area contributed by atoms with Crippen molar-refractivity contribution in [3.05, 3.63) is 89.7 Å². The lowest BCUT2D eigenvalue weighted by Gasteiger charge is -2.42. The Kier molecular flexibility index (Phi) is 6.06. The minimum atomic E-state index is -1.85. The molecule has 32 heavy (non-hydrogen) atoms. The monoisotopic (exact) mass is 448 g/mol. The van der Waals surface area contributed by atoms with Crippen molar-refractivity contribution in [1.29, 1.82) is 0 Å². The highest BCUT2D eigenvalue weighted by Crippen LogP contribution is 2.46. The Bertz CT molecular complexity index is 1050. The van der Waals surface area contributed by atoms with E-state index in [1.807, 2.05) is 66.7 Å². The van der Waals surface area contributed by atoms with Gasteiger partial charge < -0.3 is 13.9 Å². The van der Waals surface area contributed by atoms with E-state index in [1.54, 1.807) is 0 Å². The summed E-state index contributed by atoms with van der Waals surface area (Å²) in [5.41, 5.74) is 0.265. The van der Waals surface area contributed by atoms with Gasteiger partial charge >= 0.3 is 5.97 Å². The highest BCUT2D eigenvalue weighted by atomic mass is 28.4. The summed E-state index contributed by atoms with van der Waals surface area (Å²) in [7, 11) is -1.85. The van der Waals surface area contributed by atoms with Crippen LogP contribution in [0.5, 0.6) is 0 Å². The standard InChI is InChI=1S/C26H28O5Si/c1-32(2,3)31-21-14-15-26(25(28)29-18-19-10-6-4-7-11-19)23(27)17-22(30-24(26)16-21)20-12-8-5-9-13-20/h4-14,17,24H,15-16,18H2,1-3H3/t24-,26+/m0/s1. The van der Waals surface area contributed by atoms with Gasteiger partial charge in [0.05, 0.1) is 5.76 Å². The van der Waals surface area contributed by atoms with Crippen molar-refractivity contribution in [2.45, 2.75) is 45.2 Å². The lowest BCUT2D eigenvalue weighted by molar-refractivity contribution is -0.170. The minimum Gasteiger partial charge on any atom is -0.547 e. The van der Waals surface area contributed by atoms with Gasteiger partial charge in [0.2, 0.25) is 8.32 Å². The highest BCUT2D eigenvalue weighted by Gasteiger charge is 2.57. The van der Waals surface area contributed by atoms with Crippen LogP contribution < -0.4 is 0 Å². The average molecular weight is 449 g/mol. The number of benzene rings is 2. The lowest BCUT2D eigenvalue weighted by Crippen LogP contribution is -2.54. The first-order chi connectivity index (χ1) is 15.3. The maximum atomic E-state index is 13.5. The van der Waals surface area contributed by atoms with Gasteiger partial charge in [-0.1, -0.05) is 60.7 Å². The van der Waals surface area contributed by atoms with Gasteiger partial charge in [-0.25, -0.2) is 0 Å². The summed E-state index contributed by atoms with van der Waals surface area (Å²) in [5, 5.41) is 0. The van der Waals surface area contributed by atoms with E-state index in [1.165, 1.54) is 6.08 Å². The quantitative estimate of drug-likeness (QED) is 0.343. The van der Waals surface area contributed by atoms with E-state index in [4.69, 9.17) is 13.9 Å². The molecular formula is C26H28O5Si. The number of fused-ring (bicyclic) bond motifs is 1. The van der Waals surface area contributed by atoms with Crippen molar-refractivity contribution in [2.75, 3.05) is 0 Å². The van der Waals surface area contributed by atoms with Crippen molar-refractivity contribution in [3.8, 4) is 0 Å².